The van der Waals surface area contributed by atoms with E-state index in [0.29, 0.717) is 17.9 Å². The molecule has 0 amide bonds. The molecule has 0 heterocycles. The smallest absolute Gasteiger partial charge is 0.240 e. The Morgan fingerprint density at radius 3 is 2.52 bits per heavy atom. The van der Waals surface area contributed by atoms with Gasteiger partial charge in [0.25, 0.3) is 0 Å². The Balaban J connectivity index is 2.12. The average Bonchev–Trinajstić information content (AvgIpc) is 2.45. The van der Waals surface area contributed by atoms with Crippen LogP contribution in [0.3, 0.4) is 0 Å². The second-order valence-electron chi connectivity index (χ2n) is 6.60. The molecule has 1 aromatic rings. The first kappa shape index (κ1) is 16.5. The number of aryl methyl sites for hydroxylation is 2. The fourth-order valence-corrected chi connectivity index (χ4v) is 3.93. The minimum absolute atomic E-state index is 0.0631. The maximum atomic E-state index is 12.4. The largest absolute Gasteiger partial charge is 0.396 e. The summed E-state index contributed by atoms with van der Waals surface area (Å²) in [4.78, 5) is 0.350. The minimum Gasteiger partial charge on any atom is -0.396 e. The first-order chi connectivity index (χ1) is 9.84. The van der Waals surface area contributed by atoms with Crippen molar-refractivity contribution in [3.63, 3.8) is 0 Å². The highest BCUT2D eigenvalue weighted by Gasteiger charge is 2.23. The van der Waals surface area contributed by atoms with E-state index >= 15 is 0 Å². The Hall–Kier alpha value is -0.910. The number of hydrogen-bond acceptors (Lipinski definition) is 3. The summed E-state index contributed by atoms with van der Waals surface area (Å²) in [5.41, 5.74) is 2.19. The van der Waals surface area contributed by atoms with Crippen molar-refractivity contribution in [2.24, 2.45) is 5.41 Å². The minimum atomic E-state index is -3.48. The van der Waals surface area contributed by atoms with Crippen LogP contribution in [0.1, 0.15) is 44.2 Å². The highest BCUT2D eigenvalue weighted by Crippen LogP contribution is 2.25. The summed E-state index contributed by atoms with van der Waals surface area (Å²) in [7, 11) is -3.48. The summed E-state index contributed by atoms with van der Waals surface area (Å²) in [5, 5.41) is 9.00. The molecule has 0 spiro atoms. The molecule has 0 aliphatic heterocycles. The van der Waals surface area contributed by atoms with Crippen molar-refractivity contribution in [2.45, 2.75) is 50.8 Å². The van der Waals surface area contributed by atoms with Crippen molar-refractivity contribution in [2.75, 3.05) is 13.2 Å². The number of aliphatic hydroxyl groups excluding tert-OH is 1. The standard InChI is InChI=1S/C16H25NO3S/c1-16(2,9-10-18)12-17-21(19,20)15-8-7-13-5-3-4-6-14(13)11-15/h7-8,11,17-18H,3-6,9-10,12H2,1-2H3. The van der Waals surface area contributed by atoms with Crippen LogP contribution >= 0.6 is 0 Å². The molecule has 4 nitrogen and oxygen atoms in total. The van der Waals surface area contributed by atoms with Gasteiger partial charge >= 0.3 is 0 Å². The van der Waals surface area contributed by atoms with Gasteiger partial charge in [0.05, 0.1) is 4.90 Å². The van der Waals surface area contributed by atoms with Crippen LogP contribution in [0.2, 0.25) is 0 Å². The zero-order valence-electron chi connectivity index (χ0n) is 12.9. The molecule has 0 bridgehead atoms. The van der Waals surface area contributed by atoms with Gasteiger partial charge in [-0.2, -0.15) is 0 Å². The van der Waals surface area contributed by atoms with E-state index in [1.807, 2.05) is 26.0 Å². The van der Waals surface area contributed by atoms with Gasteiger partial charge in [-0.1, -0.05) is 19.9 Å². The van der Waals surface area contributed by atoms with Gasteiger partial charge in [-0.05, 0) is 60.8 Å². The summed E-state index contributed by atoms with van der Waals surface area (Å²) in [6.45, 7) is 4.28. The Kier molecular flexibility index (Phi) is 5.07. The van der Waals surface area contributed by atoms with E-state index in [-0.39, 0.29) is 12.0 Å². The van der Waals surface area contributed by atoms with E-state index in [2.05, 4.69) is 4.72 Å². The van der Waals surface area contributed by atoms with Gasteiger partial charge in [-0.25, -0.2) is 13.1 Å². The lowest BCUT2D eigenvalue weighted by molar-refractivity contribution is 0.213. The molecular weight excluding hydrogens is 286 g/mol. The summed E-state index contributed by atoms with van der Waals surface area (Å²) in [6.07, 6.45) is 4.90. The van der Waals surface area contributed by atoms with Crippen molar-refractivity contribution in [3.05, 3.63) is 29.3 Å². The molecule has 0 unspecified atom stereocenters. The van der Waals surface area contributed by atoms with Gasteiger partial charge in [0.1, 0.15) is 0 Å². The van der Waals surface area contributed by atoms with Crippen LogP contribution in [-0.4, -0.2) is 26.7 Å². The van der Waals surface area contributed by atoms with Gasteiger partial charge in [0.2, 0.25) is 10.0 Å². The van der Waals surface area contributed by atoms with E-state index in [4.69, 9.17) is 5.11 Å². The summed E-state index contributed by atoms with van der Waals surface area (Å²) >= 11 is 0. The molecule has 0 radical (unpaired) electrons. The van der Waals surface area contributed by atoms with Crippen LogP contribution in [-0.2, 0) is 22.9 Å². The number of hydrogen-bond donors (Lipinski definition) is 2. The first-order valence-electron chi connectivity index (χ1n) is 7.56. The van der Waals surface area contributed by atoms with Crippen LogP contribution in [0.5, 0.6) is 0 Å². The van der Waals surface area contributed by atoms with Crippen LogP contribution < -0.4 is 4.72 Å². The molecule has 0 atom stereocenters. The third kappa shape index (κ3) is 4.28. The van der Waals surface area contributed by atoms with Gasteiger partial charge in [-0.15, -0.1) is 0 Å². The van der Waals surface area contributed by atoms with Crippen molar-refractivity contribution in [1.82, 2.24) is 4.72 Å². The first-order valence-corrected chi connectivity index (χ1v) is 9.05. The fraction of sp³-hybridized carbons (Fsp3) is 0.625. The molecule has 1 aromatic carbocycles. The molecule has 0 aromatic heterocycles. The number of fused-ring (bicyclic) bond motifs is 1. The molecule has 0 saturated carbocycles. The monoisotopic (exact) mass is 311 g/mol. The number of benzene rings is 1. The third-order valence-corrected chi connectivity index (χ3v) is 5.56. The fourth-order valence-electron chi connectivity index (χ4n) is 2.64. The highest BCUT2D eigenvalue weighted by molar-refractivity contribution is 7.89. The molecule has 21 heavy (non-hydrogen) atoms. The highest BCUT2D eigenvalue weighted by atomic mass is 32.2. The van der Waals surface area contributed by atoms with Crippen LogP contribution in [0.15, 0.2) is 23.1 Å². The number of sulfonamides is 1. The van der Waals surface area contributed by atoms with Gasteiger partial charge in [0.15, 0.2) is 0 Å². The number of nitrogens with one attached hydrogen (secondary N) is 1. The Morgan fingerprint density at radius 1 is 1.19 bits per heavy atom. The Labute approximate surface area is 127 Å². The Bertz CT molecular complexity index is 594. The zero-order valence-corrected chi connectivity index (χ0v) is 13.7. The predicted octanol–water partition coefficient (Wildman–Crippen LogP) is 2.25. The van der Waals surface area contributed by atoms with Crippen molar-refractivity contribution < 1.29 is 13.5 Å². The summed E-state index contributed by atoms with van der Waals surface area (Å²) in [5.74, 6) is 0. The predicted molar refractivity (Wildman–Crippen MR) is 83.8 cm³/mol. The van der Waals surface area contributed by atoms with Gasteiger partial charge in [-0.3, -0.25) is 0 Å². The molecular formula is C16H25NO3S. The topological polar surface area (TPSA) is 66.4 Å². The maximum absolute atomic E-state index is 12.4. The average molecular weight is 311 g/mol. The van der Waals surface area contributed by atoms with E-state index in [9.17, 15) is 8.42 Å². The lowest BCUT2D eigenvalue weighted by atomic mass is 9.90. The van der Waals surface area contributed by atoms with E-state index < -0.39 is 10.0 Å². The number of aliphatic hydroxyl groups is 1. The third-order valence-electron chi connectivity index (χ3n) is 4.16. The molecule has 2 rings (SSSR count). The van der Waals surface area contributed by atoms with Gasteiger partial charge in [0, 0.05) is 13.2 Å². The van der Waals surface area contributed by atoms with Gasteiger partial charge < -0.3 is 5.11 Å². The molecule has 1 aliphatic rings. The van der Waals surface area contributed by atoms with Crippen molar-refractivity contribution in [1.29, 1.82) is 0 Å². The number of rotatable bonds is 6. The summed E-state index contributed by atoms with van der Waals surface area (Å²) < 4.78 is 27.5. The van der Waals surface area contributed by atoms with E-state index in [0.717, 1.165) is 19.3 Å². The van der Waals surface area contributed by atoms with Crippen molar-refractivity contribution in [3.8, 4) is 0 Å². The molecule has 0 fully saturated rings. The van der Waals surface area contributed by atoms with E-state index in [1.54, 1.807) is 6.07 Å². The SMILES string of the molecule is CC(C)(CCO)CNS(=O)(=O)c1ccc2c(c1)CCCC2. The quantitative estimate of drug-likeness (QED) is 0.847. The van der Waals surface area contributed by atoms with Crippen LogP contribution in [0.25, 0.3) is 0 Å². The lowest BCUT2D eigenvalue weighted by Gasteiger charge is -2.24. The molecule has 118 valence electrons. The second-order valence-corrected chi connectivity index (χ2v) is 8.37. The maximum Gasteiger partial charge on any atom is 0.240 e. The van der Waals surface area contributed by atoms with Crippen LogP contribution in [0, 0.1) is 5.41 Å². The van der Waals surface area contributed by atoms with Crippen LogP contribution in [0.4, 0.5) is 0 Å². The molecule has 1 aliphatic carbocycles. The molecule has 0 saturated heterocycles. The normalized spacial score (nSPS) is 15.8. The molecule has 2 N–H and O–H groups in total. The molecule has 5 heteroatoms. The van der Waals surface area contributed by atoms with Crippen molar-refractivity contribution >= 4 is 10.0 Å². The zero-order chi connectivity index (χ0) is 15.5. The second kappa shape index (κ2) is 6.46. The Morgan fingerprint density at radius 2 is 1.86 bits per heavy atom. The summed E-state index contributed by atoms with van der Waals surface area (Å²) in [6, 6.07) is 5.46. The van der Waals surface area contributed by atoms with E-state index in [1.165, 1.54) is 17.5 Å². The lowest BCUT2D eigenvalue weighted by Crippen LogP contribution is -2.34.